The highest BCUT2D eigenvalue weighted by atomic mass is 16.4. The Labute approximate surface area is 129 Å². The summed E-state index contributed by atoms with van der Waals surface area (Å²) in [5, 5.41) is 14.4. The molecular formula is C16H22N2O4. The monoisotopic (exact) mass is 306 g/mol. The number of unbranched alkanes of at least 4 members (excludes halogenated alkanes) is 2. The number of carbonyl (C=O) groups excluding carboxylic acids is 2. The molecule has 0 aromatic heterocycles. The normalized spacial score (nSPS) is 10.1. The highest BCUT2D eigenvalue weighted by Crippen LogP contribution is 2.17. The number of benzene rings is 1. The maximum absolute atomic E-state index is 11.9. The highest BCUT2D eigenvalue weighted by Gasteiger charge is 2.09. The molecule has 0 bridgehead atoms. The number of anilines is 1. The lowest BCUT2D eigenvalue weighted by Crippen LogP contribution is -2.20. The Hall–Kier alpha value is -2.37. The van der Waals surface area contributed by atoms with E-state index in [1.54, 1.807) is 6.07 Å². The fourth-order valence-electron chi connectivity index (χ4n) is 1.95. The van der Waals surface area contributed by atoms with Gasteiger partial charge in [-0.2, -0.15) is 0 Å². The summed E-state index contributed by atoms with van der Waals surface area (Å²) in [4.78, 5) is 33.5. The van der Waals surface area contributed by atoms with E-state index < -0.39 is 5.97 Å². The van der Waals surface area contributed by atoms with Gasteiger partial charge in [-0.3, -0.25) is 9.59 Å². The lowest BCUT2D eigenvalue weighted by molar-refractivity contribution is -0.119. The molecule has 0 atom stereocenters. The molecule has 120 valence electrons. The van der Waals surface area contributed by atoms with Crippen LogP contribution < -0.4 is 10.6 Å². The van der Waals surface area contributed by atoms with Crippen LogP contribution in [0.1, 0.15) is 48.5 Å². The van der Waals surface area contributed by atoms with Gasteiger partial charge < -0.3 is 15.7 Å². The van der Waals surface area contributed by atoms with Crippen molar-refractivity contribution in [2.45, 2.75) is 39.5 Å². The average Bonchev–Trinajstić information content (AvgIpc) is 2.44. The van der Waals surface area contributed by atoms with Crippen molar-refractivity contribution in [3.05, 3.63) is 29.3 Å². The van der Waals surface area contributed by atoms with Gasteiger partial charge in [-0.05, 0) is 37.5 Å². The average molecular weight is 306 g/mol. The molecule has 0 aliphatic rings. The van der Waals surface area contributed by atoms with Crippen molar-refractivity contribution >= 4 is 23.5 Å². The Morgan fingerprint density at radius 1 is 1.14 bits per heavy atom. The van der Waals surface area contributed by atoms with Gasteiger partial charge in [0, 0.05) is 25.6 Å². The predicted molar refractivity (Wildman–Crippen MR) is 83.9 cm³/mol. The highest BCUT2D eigenvalue weighted by molar-refractivity contribution is 5.94. The van der Waals surface area contributed by atoms with E-state index in [1.165, 1.54) is 19.1 Å². The number of carbonyl (C=O) groups is 3. The summed E-state index contributed by atoms with van der Waals surface area (Å²) in [6.07, 6.45) is 2.78. The Morgan fingerprint density at radius 2 is 1.86 bits per heavy atom. The summed E-state index contributed by atoms with van der Waals surface area (Å²) in [5.41, 5.74) is 1.50. The van der Waals surface area contributed by atoms with Crippen LogP contribution in [-0.4, -0.2) is 29.4 Å². The second-order valence-corrected chi connectivity index (χ2v) is 5.18. The van der Waals surface area contributed by atoms with Crippen molar-refractivity contribution in [1.82, 2.24) is 5.32 Å². The van der Waals surface area contributed by atoms with Gasteiger partial charge >= 0.3 is 5.97 Å². The number of rotatable bonds is 8. The van der Waals surface area contributed by atoms with Gasteiger partial charge in [0.1, 0.15) is 0 Å². The van der Waals surface area contributed by atoms with Crippen molar-refractivity contribution in [3.8, 4) is 0 Å². The van der Waals surface area contributed by atoms with E-state index in [0.29, 0.717) is 18.7 Å². The third-order valence-corrected chi connectivity index (χ3v) is 3.21. The quantitative estimate of drug-likeness (QED) is 0.642. The summed E-state index contributed by atoms with van der Waals surface area (Å²) in [7, 11) is 0. The fraction of sp³-hybridized carbons (Fsp3) is 0.438. The minimum Gasteiger partial charge on any atom is -0.478 e. The lowest BCUT2D eigenvalue weighted by Gasteiger charge is -2.09. The predicted octanol–water partition coefficient (Wildman–Crippen LogP) is 2.33. The number of hydrogen-bond acceptors (Lipinski definition) is 3. The molecule has 22 heavy (non-hydrogen) atoms. The van der Waals surface area contributed by atoms with Crippen LogP contribution in [0.2, 0.25) is 0 Å². The number of amides is 2. The summed E-state index contributed by atoms with van der Waals surface area (Å²) >= 11 is 0. The van der Waals surface area contributed by atoms with Crippen molar-refractivity contribution < 1.29 is 19.5 Å². The molecule has 0 fully saturated rings. The standard InChI is InChI=1S/C16H22N2O4/c1-11-7-8-13(16(21)22)10-14(11)18-15(20)6-4-3-5-9-17-12(2)19/h7-8,10H,3-6,9H2,1-2H3,(H,17,19)(H,18,20)(H,21,22). The van der Waals surface area contributed by atoms with Crippen molar-refractivity contribution in [1.29, 1.82) is 0 Å². The first-order valence-electron chi connectivity index (χ1n) is 7.28. The minimum absolute atomic E-state index is 0.0495. The topological polar surface area (TPSA) is 95.5 Å². The first-order valence-corrected chi connectivity index (χ1v) is 7.28. The first-order chi connectivity index (χ1) is 10.4. The summed E-state index contributed by atoms with van der Waals surface area (Å²) in [6, 6.07) is 4.65. The Morgan fingerprint density at radius 3 is 2.50 bits per heavy atom. The van der Waals surface area contributed by atoms with E-state index in [9.17, 15) is 14.4 Å². The summed E-state index contributed by atoms with van der Waals surface area (Å²) < 4.78 is 0. The summed E-state index contributed by atoms with van der Waals surface area (Å²) in [6.45, 7) is 3.91. The van der Waals surface area contributed by atoms with Crippen LogP contribution in [0.5, 0.6) is 0 Å². The van der Waals surface area contributed by atoms with Gasteiger partial charge in [0.05, 0.1) is 5.56 Å². The molecule has 1 aromatic rings. The molecule has 0 unspecified atom stereocenters. The molecule has 0 spiro atoms. The van der Waals surface area contributed by atoms with Crippen molar-refractivity contribution in [3.63, 3.8) is 0 Å². The molecule has 0 saturated heterocycles. The second kappa shape index (κ2) is 8.81. The van der Waals surface area contributed by atoms with Crippen molar-refractivity contribution in [2.75, 3.05) is 11.9 Å². The molecule has 6 heteroatoms. The van der Waals surface area contributed by atoms with Gasteiger partial charge in [-0.1, -0.05) is 12.5 Å². The number of aryl methyl sites for hydroxylation is 1. The zero-order valence-electron chi connectivity index (χ0n) is 12.9. The van der Waals surface area contributed by atoms with Crippen LogP contribution in [0, 0.1) is 6.92 Å². The lowest BCUT2D eigenvalue weighted by atomic mass is 10.1. The number of aromatic carboxylic acids is 1. The minimum atomic E-state index is -1.02. The van der Waals surface area contributed by atoms with Gasteiger partial charge in [-0.15, -0.1) is 0 Å². The van der Waals surface area contributed by atoms with E-state index in [1.807, 2.05) is 6.92 Å². The number of carboxylic acids is 1. The molecule has 2 amide bonds. The maximum Gasteiger partial charge on any atom is 0.335 e. The van der Waals surface area contributed by atoms with E-state index in [0.717, 1.165) is 24.8 Å². The molecule has 0 aliphatic carbocycles. The molecule has 0 saturated carbocycles. The molecular weight excluding hydrogens is 284 g/mol. The SMILES string of the molecule is CC(=O)NCCCCCC(=O)Nc1cc(C(=O)O)ccc1C. The van der Waals surface area contributed by atoms with Crippen LogP contribution in [-0.2, 0) is 9.59 Å². The third-order valence-electron chi connectivity index (χ3n) is 3.21. The fourth-order valence-corrected chi connectivity index (χ4v) is 1.95. The molecule has 3 N–H and O–H groups in total. The Bertz CT molecular complexity index is 555. The largest absolute Gasteiger partial charge is 0.478 e. The van der Waals surface area contributed by atoms with E-state index in [4.69, 9.17) is 5.11 Å². The summed E-state index contributed by atoms with van der Waals surface area (Å²) in [5.74, 6) is -1.20. The third kappa shape index (κ3) is 6.39. The van der Waals surface area contributed by atoms with Crippen LogP contribution in [0.4, 0.5) is 5.69 Å². The van der Waals surface area contributed by atoms with Crippen molar-refractivity contribution in [2.24, 2.45) is 0 Å². The van der Waals surface area contributed by atoms with Gasteiger partial charge in [0.25, 0.3) is 0 Å². The van der Waals surface area contributed by atoms with E-state index in [2.05, 4.69) is 10.6 Å². The second-order valence-electron chi connectivity index (χ2n) is 5.18. The number of hydrogen-bond donors (Lipinski definition) is 3. The van der Waals surface area contributed by atoms with E-state index >= 15 is 0 Å². The van der Waals surface area contributed by atoms with Crippen LogP contribution in [0.15, 0.2) is 18.2 Å². The van der Waals surface area contributed by atoms with E-state index in [-0.39, 0.29) is 17.4 Å². The van der Waals surface area contributed by atoms with Crippen LogP contribution in [0.3, 0.4) is 0 Å². The molecule has 1 aromatic carbocycles. The smallest absolute Gasteiger partial charge is 0.335 e. The molecule has 0 aliphatic heterocycles. The number of nitrogens with one attached hydrogen (secondary N) is 2. The van der Waals surface area contributed by atoms with Gasteiger partial charge in [0.2, 0.25) is 11.8 Å². The Balaban J connectivity index is 2.37. The number of carboxylic acid groups (broad SMARTS) is 1. The molecule has 0 radical (unpaired) electrons. The van der Waals surface area contributed by atoms with Crippen LogP contribution in [0.25, 0.3) is 0 Å². The van der Waals surface area contributed by atoms with Gasteiger partial charge in [-0.25, -0.2) is 4.79 Å². The molecule has 0 heterocycles. The first kappa shape index (κ1) is 17.7. The molecule has 1 rings (SSSR count). The molecule has 6 nitrogen and oxygen atoms in total. The zero-order chi connectivity index (χ0) is 16.5. The maximum atomic E-state index is 11.9. The zero-order valence-corrected chi connectivity index (χ0v) is 12.9. The Kier molecular flexibility index (Phi) is 7.08. The van der Waals surface area contributed by atoms with Gasteiger partial charge in [0.15, 0.2) is 0 Å². The van der Waals surface area contributed by atoms with Crippen LogP contribution >= 0.6 is 0 Å².